The molecule has 160 valence electrons. The van der Waals surface area contributed by atoms with Gasteiger partial charge in [0, 0.05) is 23.8 Å². The Bertz CT molecular complexity index is 846. The monoisotopic (exact) mass is 437 g/mol. The van der Waals surface area contributed by atoms with E-state index in [2.05, 4.69) is 16.9 Å². The Morgan fingerprint density at radius 3 is 2.52 bits per heavy atom. The summed E-state index contributed by atoms with van der Waals surface area (Å²) in [5.41, 5.74) is 1.82. The van der Waals surface area contributed by atoms with Gasteiger partial charge in [-0.1, -0.05) is 13.8 Å². The maximum Gasteiger partial charge on any atom is 0.235 e. The predicted molar refractivity (Wildman–Crippen MR) is 120 cm³/mol. The van der Waals surface area contributed by atoms with E-state index in [9.17, 15) is 8.42 Å². The van der Waals surface area contributed by atoms with Gasteiger partial charge in [0.2, 0.25) is 10.0 Å². The van der Waals surface area contributed by atoms with Crippen molar-refractivity contribution in [2.75, 3.05) is 29.0 Å². The van der Waals surface area contributed by atoms with E-state index in [-0.39, 0.29) is 5.75 Å². The van der Waals surface area contributed by atoms with E-state index in [1.807, 2.05) is 32.0 Å². The lowest BCUT2D eigenvalue weighted by Gasteiger charge is -2.27. The summed E-state index contributed by atoms with van der Waals surface area (Å²) in [6.07, 6.45) is 8.19. The highest BCUT2D eigenvalue weighted by Crippen LogP contribution is 2.35. The fraction of sp³-hybridized carbons (Fsp3) is 0.524. The number of thioether (sulfide) groups is 1. The van der Waals surface area contributed by atoms with Crippen molar-refractivity contribution in [3.63, 3.8) is 0 Å². The number of unbranched alkanes of at least 4 members (excludes halogenated alkanes) is 1. The van der Waals surface area contributed by atoms with Gasteiger partial charge < -0.3 is 4.74 Å². The molecule has 0 saturated heterocycles. The number of aryl methyl sites for hydroxylation is 1. The van der Waals surface area contributed by atoms with Crippen LogP contribution in [0.15, 0.2) is 41.8 Å². The minimum atomic E-state index is -3.38. The molecule has 0 fully saturated rings. The summed E-state index contributed by atoms with van der Waals surface area (Å²) < 4.78 is 33.3. The molecule has 0 bridgehead atoms. The van der Waals surface area contributed by atoms with Gasteiger partial charge in [-0.25, -0.2) is 18.4 Å². The Labute approximate surface area is 179 Å². The number of anilines is 1. The van der Waals surface area contributed by atoms with Gasteiger partial charge in [0.05, 0.1) is 18.0 Å². The van der Waals surface area contributed by atoms with Crippen LogP contribution < -0.4 is 9.04 Å². The molecule has 2 aromatic rings. The summed E-state index contributed by atoms with van der Waals surface area (Å²) in [7, 11) is -3.38. The Balaban J connectivity index is 2.21. The van der Waals surface area contributed by atoms with Crippen molar-refractivity contribution >= 4 is 27.5 Å². The quantitative estimate of drug-likeness (QED) is 0.338. The van der Waals surface area contributed by atoms with Crippen LogP contribution in [0.1, 0.15) is 45.6 Å². The average Bonchev–Trinajstić information content (AvgIpc) is 2.70. The third kappa shape index (κ3) is 7.19. The molecule has 0 amide bonds. The zero-order valence-corrected chi connectivity index (χ0v) is 19.1. The van der Waals surface area contributed by atoms with Crippen LogP contribution in [0.5, 0.6) is 5.75 Å². The highest BCUT2D eigenvalue weighted by atomic mass is 32.2. The van der Waals surface area contributed by atoms with Gasteiger partial charge in [0.15, 0.2) is 0 Å². The number of rotatable bonds is 13. The molecule has 29 heavy (non-hydrogen) atoms. The Kier molecular flexibility index (Phi) is 9.73. The molecule has 1 heterocycles. The van der Waals surface area contributed by atoms with Gasteiger partial charge in [-0.15, -0.1) is 11.8 Å². The topological polar surface area (TPSA) is 72.4 Å². The van der Waals surface area contributed by atoms with E-state index in [4.69, 9.17) is 4.74 Å². The van der Waals surface area contributed by atoms with Crippen LogP contribution in [0.2, 0.25) is 0 Å². The lowest BCUT2D eigenvalue weighted by atomic mass is 10.1. The van der Waals surface area contributed by atoms with Crippen LogP contribution in [0.25, 0.3) is 0 Å². The standard InChI is InChI=1S/C21H31N3O3S2/c1-4-13-29(25,26)24(12-8-7-9-18-15-22-17-23-16-18)20-11-10-19(27-5-2)14-21(20)28-6-3/h10-11,14-17H,4-9,12-13H2,1-3H3. The molecule has 0 saturated carbocycles. The summed E-state index contributed by atoms with van der Waals surface area (Å²) in [6.45, 7) is 6.94. The molecule has 0 atom stereocenters. The smallest absolute Gasteiger partial charge is 0.235 e. The van der Waals surface area contributed by atoms with E-state index >= 15 is 0 Å². The first kappa shape index (κ1) is 23.5. The van der Waals surface area contributed by atoms with Crippen LogP contribution in [0, 0.1) is 0 Å². The molecule has 0 radical (unpaired) electrons. The van der Waals surface area contributed by atoms with Crippen molar-refractivity contribution in [1.82, 2.24) is 9.97 Å². The van der Waals surface area contributed by atoms with Crippen LogP contribution in [-0.2, 0) is 16.4 Å². The van der Waals surface area contributed by atoms with Crippen molar-refractivity contribution < 1.29 is 13.2 Å². The highest BCUT2D eigenvalue weighted by molar-refractivity contribution is 7.99. The molecule has 6 nitrogen and oxygen atoms in total. The number of aromatic nitrogens is 2. The fourth-order valence-electron chi connectivity index (χ4n) is 3.05. The Morgan fingerprint density at radius 1 is 1.10 bits per heavy atom. The van der Waals surface area contributed by atoms with E-state index in [0.29, 0.717) is 19.6 Å². The molecule has 0 unspecified atom stereocenters. The van der Waals surface area contributed by atoms with Gasteiger partial charge in [-0.2, -0.15) is 0 Å². The van der Waals surface area contributed by atoms with E-state index in [1.165, 1.54) is 6.33 Å². The van der Waals surface area contributed by atoms with E-state index < -0.39 is 10.0 Å². The SMILES string of the molecule is CCCS(=O)(=O)N(CCCCc1cncnc1)c1ccc(OCC)cc1SCC. The lowest BCUT2D eigenvalue weighted by molar-refractivity contribution is 0.339. The normalized spacial score (nSPS) is 11.4. The number of nitrogens with zero attached hydrogens (tertiary/aromatic N) is 3. The molecule has 1 aromatic carbocycles. The van der Waals surface area contributed by atoms with Crippen LogP contribution in [-0.4, -0.2) is 43.0 Å². The largest absolute Gasteiger partial charge is 0.494 e. The molecule has 0 aliphatic carbocycles. The molecule has 8 heteroatoms. The zero-order chi connectivity index (χ0) is 21.1. The Hall–Kier alpha value is -1.80. The minimum absolute atomic E-state index is 0.142. The number of hydrogen-bond donors (Lipinski definition) is 0. The van der Waals surface area contributed by atoms with Gasteiger partial charge in [-0.3, -0.25) is 4.31 Å². The first-order chi connectivity index (χ1) is 14.0. The first-order valence-corrected chi connectivity index (χ1v) is 12.7. The first-order valence-electron chi connectivity index (χ1n) is 10.2. The number of sulfonamides is 1. The van der Waals surface area contributed by atoms with Gasteiger partial charge in [0.25, 0.3) is 0 Å². The number of ether oxygens (including phenoxy) is 1. The predicted octanol–water partition coefficient (Wildman–Crippen LogP) is 4.56. The summed E-state index contributed by atoms with van der Waals surface area (Å²) in [6, 6.07) is 5.68. The third-order valence-electron chi connectivity index (χ3n) is 4.30. The van der Waals surface area contributed by atoms with Crippen molar-refractivity contribution in [3.8, 4) is 5.75 Å². The van der Waals surface area contributed by atoms with E-state index in [1.54, 1.807) is 28.5 Å². The van der Waals surface area contributed by atoms with E-state index in [0.717, 1.165) is 46.9 Å². The zero-order valence-electron chi connectivity index (χ0n) is 17.5. The van der Waals surface area contributed by atoms with Crippen molar-refractivity contribution in [1.29, 1.82) is 0 Å². The van der Waals surface area contributed by atoms with Crippen LogP contribution in [0.3, 0.4) is 0 Å². The second-order valence-corrected chi connectivity index (χ2v) is 9.91. The molecular formula is C21H31N3O3S2. The molecule has 0 spiro atoms. The number of hydrogen-bond acceptors (Lipinski definition) is 6. The lowest BCUT2D eigenvalue weighted by Crippen LogP contribution is -2.34. The van der Waals surface area contributed by atoms with Crippen LogP contribution in [0.4, 0.5) is 5.69 Å². The van der Waals surface area contributed by atoms with Gasteiger partial charge >= 0.3 is 0 Å². The molecular weight excluding hydrogens is 406 g/mol. The van der Waals surface area contributed by atoms with Gasteiger partial charge in [-0.05, 0) is 62.1 Å². The second kappa shape index (κ2) is 12.0. The summed E-state index contributed by atoms with van der Waals surface area (Å²) in [5.74, 6) is 1.77. The molecule has 0 aliphatic heterocycles. The number of benzene rings is 1. The van der Waals surface area contributed by atoms with Crippen molar-refractivity contribution in [2.45, 2.75) is 51.3 Å². The summed E-state index contributed by atoms with van der Waals surface area (Å²) in [4.78, 5) is 9.01. The van der Waals surface area contributed by atoms with Gasteiger partial charge in [0.1, 0.15) is 12.1 Å². The Morgan fingerprint density at radius 2 is 1.86 bits per heavy atom. The average molecular weight is 438 g/mol. The maximum absolute atomic E-state index is 13.0. The summed E-state index contributed by atoms with van der Waals surface area (Å²) >= 11 is 1.64. The molecule has 1 aromatic heterocycles. The molecule has 0 N–H and O–H groups in total. The second-order valence-electron chi connectivity index (χ2n) is 6.59. The molecule has 2 rings (SSSR count). The molecule has 0 aliphatic rings. The van der Waals surface area contributed by atoms with Crippen molar-refractivity contribution in [2.24, 2.45) is 0 Å². The maximum atomic E-state index is 13.0. The minimum Gasteiger partial charge on any atom is -0.494 e. The van der Waals surface area contributed by atoms with Crippen LogP contribution >= 0.6 is 11.8 Å². The highest BCUT2D eigenvalue weighted by Gasteiger charge is 2.24. The third-order valence-corrected chi connectivity index (χ3v) is 7.20. The fourth-order valence-corrected chi connectivity index (χ4v) is 5.55. The van der Waals surface area contributed by atoms with Crippen molar-refractivity contribution in [3.05, 3.63) is 42.5 Å². The summed E-state index contributed by atoms with van der Waals surface area (Å²) in [5, 5.41) is 0.